The zero-order chi connectivity index (χ0) is 37.3. The van der Waals surface area contributed by atoms with Gasteiger partial charge in [0.15, 0.2) is 17.5 Å². The minimum atomic E-state index is 0.0805. The zero-order valence-electron chi connectivity index (χ0n) is 31.7. The van der Waals surface area contributed by atoms with E-state index in [1.165, 1.54) is 50.1 Å². The third-order valence-corrected chi connectivity index (χ3v) is 11.9. The van der Waals surface area contributed by atoms with Crippen molar-refractivity contribution >= 4 is 32.6 Å². The van der Waals surface area contributed by atoms with E-state index in [4.69, 9.17) is 15.0 Å². The highest BCUT2D eigenvalue weighted by Gasteiger charge is 2.38. The summed E-state index contributed by atoms with van der Waals surface area (Å²) in [6, 6.07) is 56.2. The molecule has 0 amide bonds. The first kappa shape index (κ1) is 33.2. The van der Waals surface area contributed by atoms with Gasteiger partial charge in [0, 0.05) is 38.5 Å². The molecule has 0 aliphatic heterocycles. The molecular formula is C51H42N4. The van der Waals surface area contributed by atoms with Crippen molar-refractivity contribution in [3.8, 4) is 51.0 Å². The van der Waals surface area contributed by atoms with E-state index >= 15 is 0 Å². The maximum Gasteiger partial charge on any atom is 0.164 e. The molecule has 0 N–H and O–H groups in total. The minimum Gasteiger partial charge on any atom is -0.309 e. The maximum atomic E-state index is 5.19. The topological polar surface area (TPSA) is 43.6 Å². The number of aromatic nitrogens is 4. The Labute approximate surface area is 322 Å². The Balaban J connectivity index is 1.21. The molecule has 0 spiro atoms. The predicted molar refractivity (Wildman–Crippen MR) is 229 cm³/mol. The van der Waals surface area contributed by atoms with Crippen molar-refractivity contribution < 1.29 is 0 Å². The second-order valence-corrected chi connectivity index (χ2v) is 16.4. The lowest BCUT2D eigenvalue weighted by Gasteiger charge is -2.42. The molecule has 9 aromatic rings. The fraction of sp³-hybridized carbons (Fsp3) is 0.157. The molecule has 0 radical (unpaired) electrons. The van der Waals surface area contributed by atoms with Crippen LogP contribution in [-0.4, -0.2) is 19.5 Å². The summed E-state index contributed by atoms with van der Waals surface area (Å²) in [5.74, 6) is 1.93. The van der Waals surface area contributed by atoms with E-state index in [-0.39, 0.29) is 10.8 Å². The molecular weight excluding hydrogens is 669 g/mol. The maximum absolute atomic E-state index is 5.19. The smallest absolute Gasteiger partial charge is 0.164 e. The Morgan fingerprint density at radius 1 is 0.418 bits per heavy atom. The van der Waals surface area contributed by atoms with Crippen LogP contribution in [0.15, 0.2) is 158 Å². The lowest BCUT2D eigenvalue weighted by atomic mass is 9.63. The number of benzene rings is 7. The Bertz CT molecular complexity index is 2920. The van der Waals surface area contributed by atoms with Gasteiger partial charge in [-0.05, 0) is 81.6 Å². The average molecular weight is 711 g/mol. The lowest BCUT2D eigenvalue weighted by Crippen LogP contribution is -2.33. The minimum absolute atomic E-state index is 0.0805. The van der Waals surface area contributed by atoms with E-state index in [0.717, 1.165) is 39.9 Å². The molecule has 1 aliphatic carbocycles. The van der Waals surface area contributed by atoms with Gasteiger partial charge in [-0.3, -0.25) is 0 Å². The van der Waals surface area contributed by atoms with E-state index in [0.29, 0.717) is 17.5 Å². The molecule has 0 saturated carbocycles. The molecule has 2 heterocycles. The summed E-state index contributed by atoms with van der Waals surface area (Å²) < 4.78 is 2.48. The predicted octanol–water partition coefficient (Wildman–Crippen LogP) is 13.1. The standard InChI is InChI=1S/C51H42N4/c1-50(2)27-28-51(3,4)44-32-45-42(31-43(44)50)41-26-25-34-17-11-12-24-40(34)46(41)55(45)39-23-14-22-38(30-39)49-53-47(35-18-9-6-10-19-35)52-48(54-49)37-21-13-20-36(29-37)33-15-7-5-8-16-33/h5-26,29-32H,27-28H2,1-4H3. The van der Waals surface area contributed by atoms with E-state index in [1.54, 1.807) is 0 Å². The van der Waals surface area contributed by atoms with Gasteiger partial charge in [0.05, 0.1) is 11.0 Å². The van der Waals surface area contributed by atoms with Crippen LogP contribution in [-0.2, 0) is 10.8 Å². The molecule has 0 atom stereocenters. The van der Waals surface area contributed by atoms with E-state index in [1.807, 2.05) is 24.3 Å². The number of fused-ring (bicyclic) bond motifs is 6. The first-order valence-corrected chi connectivity index (χ1v) is 19.3. The fourth-order valence-corrected chi connectivity index (χ4v) is 8.71. The van der Waals surface area contributed by atoms with Crippen molar-refractivity contribution in [2.75, 3.05) is 0 Å². The fourth-order valence-electron chi connectivity index (χ4n) is 8.71. The molecule has 0 saturated heterocycles. The van der Waals surface area contributed by atoms with Crippen molar-refractivity contribution in [1.82, 2.24) is 19.5 Å². The summed E-state index contributed by atoms with van der Waals surface area (Å²) in [5.41, 5.74) is 11.8. The van der Waals surface area contributed by atoms with Crippen LogP contribution < -0.4 is 0 Å². The monoisotopic (exact) mass is 710 g/mol. The zero-order valence-corrected chi connectivity index (χ0v) is 31.7. The molecule has 10 rings (SSSR count). The molecule has 0 bridgehead atoms. The van der Waals surface area contributed by atoms with Gasteiger partial charge in [0.25, 0.3) is 0 Å². The highest BCUT2D eigenvalue weighted by molar-refractivity contribution is 6.19. The Morgan fingerprint density at radius 2 is 0.964 bits per heavy atom. The van der Waals surface area contributed by atoms with Gasteiger partial charge in [-0.25, -0.2) is 15.0 Å². The molecule has 266 valence electrons. The summed E-state index contributed by atoms with van der Waals surface area (Å²) in [5, 5.41) is 5.04. The molecule has 2 aromatic heterocycles. The van der Waals surface area contributed by atoms with Crippen LogP contribution in [0.1, 0.15) is 51.7 Å². The summed E-state index contributed by atoms with van der Waals surface area (Å²) >= 11 is 0. The van der Waals surface area contributed by atoms with Crippen molar-refractivity contribution in [3.63, 3.8) is 0 Å². The Kier molecular flexibility index (Phi) is 7.60. The quantitative estimate of drug-likeness (QED) is 0.179. The molecule has 1 aliphatic rings. The van der Waals surface area contributed by atoms with Crippen LogP contribution in [0.3, 0.4) is 0 Å². The van der Waals surface area contributed by atoms with Gasteiger partial charge in [-0.2, -0.15) is 0 Å². The van der Waals surface area contributed by atoms with Gasteiger partial charge in [-0.1, -0.05) is 155 Å². The average Bonchev–Trinajstić information content (AvgIpc) is 3.57. The van der Waals surface area contributed by atoms with Gasteiger partial charge >= 0.3 is 0 Å². The van der Waals surface area contributed by atoms with Crippen LogP contribution >= 0.6 is 0 Å². The van der Waals surface area contributed by atoms with Gasteiger partial charge in [-0.15, -0.1) is 0 Å². The largest absolute Gasteiger partial charge is 0.309 e. The highest BCUT2D eigenvalue weighted by atomic mass is 15.0. The van der Waals surface area contributed by atoms with Crippen LogP contribution in [0.5, 0.6) is 0 Å². The molecule has 4 heteroatoms. The number of rotatable bonds is 5. The van der Waals surface area contributed by atoms with Crippen molar-refractivity contribution in [1.29, 1.82) is 0 Å². The SMILES string of the molecule is CC1(C)CCC(C)(C)c2cc3c(cc21)c1ccc2ccccc2c1n3-c1cccc(-c2nc(-c3ccccc3)nc(-c3cccc(-c4ccccc4)c3)n2)c1. The van der Waals surface area contributed by atoms with E-state index in [9.17, 15) is 0 Å². The lowest BCUT2D eigenvalue weighted by molar-refractivity contribution is 0.332. The highest BCUT2D eigenvalue weighted by Crippen LogP contribution is 2.49. The van der Waals surface area contributed by atoms with Crippen molar-refractivity contribution in [2.24, 2.45) is 0 Å². The van der Waals surface area contributed by atoms with Crippen molar-refractivity contribution in [3.05, 3.63) is 169 Å². The number of nitrogens with zero attached hydrogens (tertiary/aromatic N) is 4. The normalized spacial score (nSPS) is 14.7. The Hall–Kier alpha value is -6.39. The van der Waals surface area contributed by atoms with Crippen LogP contribution in [0.25, 0.3) is 83.6 Å². The molecule has 7 aromatic carbocycles. The molecule has 4 nitrogen and oxygen atoms in total. The van der Waals surface area contributed by atoms with Crippen LogP contribution in [0.2, 0.25) is 0 Å². The molecule has 0 unspecified atom stereocenters. The third kappa shape index (κ3) is 5.63. The van der Waals surface area contributed by atoms with Crippen LogP contribution in [0, 0.1) is 0 Å². The first-order valence-electron chi connectivity index (χ1n) is 19.3. The second-order valence-electron chi connectivity index (χ2n) is 16.4. The summed E-state index contributed by atoms with van der Waals surface area (Å²) in [4.78, 5) is 15.4. The van der Waals surface area contributed by atoms with Gasteiger partial charge < -0.3 is 4.57 Å². The third-order valence-electron chi connectivity index (χ3n) is 11.9. The summed E-state index contributed by atoms with van der Waals surface area (Å²) in [6.45, 7) is 9.65. The van der Waals surface area contributed by atoms with Gasteiger partial charge in [0.1, 0.15) is 0 Å². The number of hydrogen-bond acceptors (Lipinski definition) is 3. The van der Waals surface area contributed by atoms with E-state index in [2.05, 4.69) is 166 Å². The number of hydrogen-bond donors (Lipinski definition) is 0. The Morgan fingerprint density at radius 3 is 1.67 bits per heavy atom. The summed E-state index contributed by atoms with van der Waals surface area (Å²) in [6.07, 6.45) is 2.34. The van der Waals surface area contributed by atoms with Crippen LogP contribution in [0.4, 0.5) is 0 Å². The molecule has 0 fully saturated rings. The van der Waals surface area contributed by atoms with Gasteiger partial charge in [0.2, 0.25) is 0 Å². The second kappa shape index (κ2) is 12.6. The first-order chi connectivity index (χ1) is 26.7. The van der Waals surface area contributed by atoms with Crippen molar-refractivity contribution in [2.45, 2.75) is 51.4 Å². The van der Waals surface area contributed by atoms with E-state index < -0.39 is 0 Å². The molecule has 55 heavy (non-hydrogen) atoms. The summed E-state index contributed by atoms with van der Waals surface area (Å²) in [7, 11) is 0.